The maximum atomic E-state index is 9.97. The highest BCUT2D eigenvalue weighted by Gasteiger charge is 2.47. The maximum Gasteiger partial charge on any atom is 0.0952 e. The lowest BCUT2D eigenvalue weighted by Gasteiger charge is -2.46. The second-order valence-corrected chi connectivity index (χ2v) is 4.47. The van der Waals surface area contributed by atoms with E-state index in [2.05, 4.69) is 0 Å². The molecule has 0 bridgehead atoms. The first-order chi connectivity index (χ1) is 5.41. The van der Waals surface area contributed by atoms with Crippen molar-refractivity contribution < 1.29 is 15.3 Å². The number of rotatable bonds is 1. The van der Waals surface area contributed by atoms with Crippen molar-refractivity contribution in [1.82, 2.24) is 0 Å². The van der Waals surface area contributed by atoms with Gasteiger partial charge in [-0.15, -0.1) is 0 Å². The minimum absolute atomic E-state index is 0.267. The van der Waals surface area contributed by atoms with E-state index in [4.69, 9.17) is 5.11 Å². The molecule has 1 saturated carbocycles. The minimum atomic E-state index is -1.11. The zero-order valence-electron chi connectivity index (χ0n) is 7.75. The van der Waals surface area contributed by atoms with E-state index >= 15 is 0 Å². The van der Waals surface area contributed by atoms with Gasteiger partial charge in [0.1, 0.15) is 0 Å². The molecule has 0 aromatic carbocycles. The highest BCUT2D eigenvalue weighted by atomic mass is 16.3. The first-order valence-corrected chi connectivity index (χ1v) is 4.43. The first kappa shape index (κ1) is 9.96. The smallest absolute Gasteiger partial charge is 0.0952 e. The zero-order chi connectivity index (χ0) is 9.41. The van der Waals surface area contributed by atoms with Crippen molar-refractivity contribution in [3.8, 4) is 0 Å². The SMILES string of the molecule is CC1(C)CC[C@H](O)C[C@]1(O)CO. The Morgan fingerprint density at radius 3 is 2.42 bits per heavy atom. The molecule has 0 heterocycles. The molecule has 0 unspecified atom stereocenters. The van der Waals surface area contributed by atoms with Crippen LogP contribution in [0.1, 0.15) is 33.1 Å². The van der Waals surface area contributed by atoms with Gasteiger partial charge in [0.05, 0.1) is 18.3 Å². The Balaban J connectivity index is 2.78. The molecule has 0 spiro atoms. The van der Waals surface area contributed by atoms with E-state index in [-0.39, 0.29) is 18.4 Å². The Bertz CT molecular complexity index is 167. The summed E-state index contributed by atoms with van der Waals surface area (Å²) >= 11 is 0. The van der Waals surface area contributed by atoms with E-state index in [1.165, 1.54) is 0 Å². The van der Waals surface area contributed by atoms with E-state index in [1.807, 2.05) is 13.8 Å². The van der Waals surface area contributed by atoms with Gasteiger partial charge in [-0.25, -0.2) is 0 Å². The fourth-order valence-electron chi connectivity index (χ4n) is 1.81. The van der Waals surface area contributed by atoms with Crippen LogP contribution in [0.5, 0.6) is 0 Å². The molecule has 0 aliphatic heterocycles. The van der Waals surface area contributed by atoms with Crippen LogP contribution in [0, 0.1) is 5.41 Å². The Kier molecular flexibility index (Phi) is 2.47. The number of hydrogen-bond acceptors (Lipinski definition) is 3. The number of aliphatic hydroxyl groups is 3. The summed E-state index contributed by atoms with van der Waals surface area (Å²) < 4.78 is 0. The lowest BCUT2D eigenvalue weighted by molar-refractivity contribution is -0.153. The molecule has 1 fully saturated rings. The number of aliphatic hydroxyl groups excluding tert-OH is 2. The zero-order valence-corrected chi connectivity index (χ0v) is 7.75. The van der Waals surface area contributed by atoms with Crippen molar-refractivity contribution in [3.05, 3.63) is 0 Å². The molecule has 3 N–H and O–H groups in total. The van der Waals surface area contributed by atoms with Crippen molar-refractivity contribution in [2.75, 3.05) is 6.61 Å². The van der Waals surface area contributed by atoms with Crippen molar-refractivity contribution >= 4 is 0 Å². The summed E-state index contributed by atoms with van der Waals surface area (Å²) in [5, 5.41) is 28.3. The van der Waals surface area contributed by atoms with E-state index in [1.54, 1.807) is 0 Å². The van der Waals surface area contributed by atoms with Gasteiger partial charge < -0.3 is 15.3 Å². The van der Waals surface area contributed by atoms with Gasteiger partial charge in [0, 0.05) is 6.42 Å². The molecule has 72 valence electrons. The normalized spacial score (nSPS) is 41.2. The minimum Gasteiger partial charge on any atom is -0.393 e. The fraction of sp³-hybridized carbons (Fsp3) is 1.00. The van der Waals surface area contributed by atoms with Gasteiger partial charge in [-0.3, -0.25) is 0 Å². The average molecular weight is 174 g/mol. The Morgan fingerprint density at radius 2 is 2.00 bits per heavy atom. The van der Waals surface area contributed by atoms with E-state index in [9.17, 15) is 10.2 Å². The summed E-state index contributed by atoms with van der Waals surface area (Å²) in [5.41, 5.74) is -1.40. The summed E-state index contributed by atoms with van der Waals surface area (Å²) in [5.74, 6) is 0. The third-order valence-corrected chi connectivity index (χ3v) is 3.20. The summed E-state index contributed by atoms with van der Waals surface area (Å²) in [7, 11) is 0. The molecular weight excluding hydrogens is 156 g/mol. The third kappa shape index (κ3) is 1.49. The van der Waals surface area contributed by atoms with Gasteiger partial charge in [0.25, 0.3) is 0 Å². The molecule has 1 rings (SSSR count). The standard InChI is InChI=1S/C9H18O3/c1-8(2)4-3-7(11)5-9(8,12)6-10/h7,10-12H,3-6H2,1-2H3/t7-,9-/m0/s1. The Labute approximate surface area is 73.0 Å². The van der Waals surface area contributed by atoms with Crippen LogP contribution in [0.2, 0.25) is 0 Å². The molecule has 0 amide bonds. The van der Waals surface area contributed by atoms with Gasteiger partial charge in [-0.05, 0) is 18.3 Å². The molecule has 0 saturated heterocycles. The van der Waals surface area contributed by atoms with E-state index in [0.29, 0.717) is 0 Å². The van der Waals surface area contributed by atoms with Gasteiger partial charge in [0.2, 0.25) is 0 Å². The Hall–Kier alpha value is -0.120. The summed E-state index contributed by atoms with van der Waals surface area (Å²) in [6.07, 6.45) is 1.30. The lowest BCUT2D eigenvalue weighted by Crippen LogP contribution is -2.53. The predicted molar refractivity (Wildman–Crippen MR) is 45.7 cm³/mol. The van der Waals surface area contributed by atoms with Crippen LogP contribution >= 0.6 is 0 Å². The average Bonchev–Trinajstić information content (AvgIpc) is 1.98. The van der Waals surface area contributed by atoms with Crippen LogP contribution in [0.25, 0.3) is 0 Å². The van der Waals surface area contributed by atoms with Gasteiger partial charge in [-0.1, -0.05) is 13.8 Å². The molecule has 1 aliphatic rings. The van der Waals surface area contributed by atoms with Crippen molar-refractivity contribution in [2.24, 2.45) is 5.41 Å². The van der Waals surface area contributed by atoms with Crippen LogP contribution in [-0.4, -0.2) is 33.6 Å². The second-order valence-electron chi connectivity index (χ2n) is 4.47. The van der Waals surface area contributed by atoms with E-state index < -0.39 is 11.7 Å². The predicted octanol–water partition coefficient (Wildman–Crippen LogP) is 0.281. The molecule has 2 atom stereocenters. The molecule has 0 aromatic rings. The highest BCUT2D eigenvalue weighted by Crippen LogP contribution is 2.43. The maximum absolute atomic E-state index is 9.97. The van der Waals surface area contributed by atoms with Crippen molar-refractivity contribution in [3.63, 3.8) is 0 Å². The molecule has 3 nitrogen and oxygen atoms in total. The lowest BCUT2D eigenvalue weighted by atomic mass is 9.65. The van der Waals surface area contributed by atoms with E-state index in [0.717, 1.165) is 12.8 Å². The van der Waals surface area contributed by atoms with Crippen LogP contribution < -0.4 is 0 Å². The molecule has 3 heteroatoms. The summed E-state index contributed by atoms with van der Waals surface area (Å²) in [6, 6.07) is 0. The third-order valence-electron chi connectivity index (χ3n) is 3.20. The largest absolute Gasteiger partial charge is 0.393 e. The summed E-state index contributed by atoms with van der Waals surface area (Å²) in [6.45, 7) is 3.58. The van der Waals surface area contributed by atoms with Crippen LogP contribution in [0.3, 0.4) is 0 Å². The van der Waals surface area contributed by atoms with Crippen molar-refractivity contribution in [2.45, 2.75) is 44.8 Å². The fourth-order valence-corrected chi connectivity index (χ4v) is 1.81. The molecule has 0 radical (unpaired) electrons. The first-order valence-electron chi connectivity index (χ1n) is 4.43. The van der Waals surface area contributed by atoms with Crippen molar-refractivity contribution in [1.29, 1.82) is 0 Å². The molecule has 12 heavy (non-hydrogen) atoms. The monoisotopic (exact) mass is 174 g/mol. The quantitative estimate of drug-likeness (QED) is 0.535. The molecule has 0 aromatic heterocycles. The molecular formula is C9H18O3. The van der Waals surface area contributed by atoms with Gasteiger partial charge in [0.15, 0.2) is 0 Å². The Morgan fingerprint density at radius 1 is 1.42 bits per heavy atom. The molecule has 1 aliphatic carbocycles. The second kappa shape index (κ2) is 2.98. The van der Waals surface area contributed by atoms with Crippen LogP contribution in [0.4, 0.5) is 0 Å². The van der Waals surface area contributed by atoms with Gasteiger partial charge in [-0.2, -0.15) is 0 Å². The van der Waals surface area contributed by atoms with Gasteiger partial charge >= 0.3 is 0 Å². The number of hydrogen-bond donors (Lipinski definition) is 3. The topological polar surface area (TPSA) is 60.7 Å². The van der Waals surface area contributed by atoms with Crippen LogP contribution in [-0.2, 0) is 0 Å². The highest BCUT2D eigenvalue weighted by molar-refractivity contribution is 4.98. The van der Waals surface area contributed by atoms with Crippen LogP contribution in [0.15, 0.2) is 0 Å². The summed E-state index contributed by atoms with van der Waals surface area (Å²) in [4.78, 5) is 0.